The van der Waals surface area contributed by atoms with Gasteiger partial charge in [0.15, 0.2) is 5.13 Å². The summed E-state index contributed by atoms with van der Waals surface area (Å²) >= 11 is 3.27. The van der Waals surface area contributed by atoms with Crippen LogP contribution in [0.3, 0.4) is 0 Å². The quantitative estimate of drug-likeness (QED) is 0.870. The highest BCUT2D eigenvalue weighted by Crippen LogP contribution is 2.29. The van der Waals surface area contributed by atoms with Gasteiger partial charge < -0.3 is 4.90 Å². The second kappa shape index (κ2) is 6.81. The number of nitrogens with zero attached hydrogens (tertiary/aromatic N) is 2. The van der Waals surface area contributed by atoms with E-state index in [1.807, 2.05) is 24.3 Å². The topological polar surface area (TPSA) is 45.2 Å². The number of carbonyl (C=O) groups excluding carboxylic acids is 1. The normalized spacial score (nSPS) is 14.6. The molecule has 1 aliphatic rings. The van der Waals surface area contributed by atoms with E-state index in [1.165, 1.54) is 4.88 Å². The fourth-order valence-electron chi connectivity index (χ4n) is 2.48. The number of carbonyl (C=O) groups is 1. The number of rotatable bonds is 4. The molecule has 0 atom stereocenters. The molecule has 1 aliphatic heterocycles. The first kappa shape index (κ1) is 15.5. The molecular formula is C16H19N3OS2. The minimum absolute atomic E-state index is 0.0731. The average Bonchev–Trinajstić information content (AvgIpc) is 2.89. The highest BCUT2D eigenvalue weighted by atomic mass is 32.2. The Labute approximate surface area is 138 Å². The minimum atomic E-state index is -0.0731. The van der Waals surface area contributed by atoms with Crippen LogP contribution in [0.25, 0.3) is 0 Å². The van der Waals surface area contributed by atoms with Gasteiger partial charge in [-0.3, -0.25) is 10.1 Å². The molecule has 1 N–H and O–H groups in total. The molecule has 0 spiro atoms. The third-order valence-corrected chi connectivity index (χ3v) is 5.53. The van der Waals surface area contributed by atoms with E-state index in [0.717, 1.165) is 41.4 Å². The first-order chi connectivity index (χ1) is 10.7. The summed E-state index contributed by atoms with van der Waals surface area (Å²) < 4.78 is 0. The molecule has 0 bridgehead atoms. The molecule has 0 fully saturated rings. The van der Waals surface area contributed by atoms with Gasteiger partial charge in [0, 0.05) is 29.3 Å². The van der Waals surface area contributed by atoms with Crippen molar-refractivity contribution < 1.29 is 4.79 Å². The number of hydrogen-bond donors (Lipinski definition) is 1. The van der Waals surface area contributed by atoms with Crippen LogP contribution in [0.5, 0.6) is 0 Å². The largest absolute Gasteiger partial charge is 0.301 e. The maximum atomic E-state index is 12.5. The zero-order valence-corrected chi connectivity index (χ0v) is 14.4. The van der Waals surface area contributed by atoms with Gasteiger partial charge in [-0.15, -0.1) is 23.1 Å². The second-order valence-corrected chi connectivity index (χ2v) is 7.65. The van der Waals surface area contributed by atoms with Crippen LogP contribution < -0.4 is 5.32 Å². The number of thiazole rings is 1. The van der Waals surface area contributed by atoms with E-state index in [1.54, 1.807) is 23.1 Å². The Hall–Kier alpha value is -1.37. The number of benzene rings is 1. The zero-order valence-electron chi connectivity index (χ0n) is 12.8. The van der Waals surface area contributed by atoms with E-state index in [0.29, 0.717) is 5.13 Å². The van der Waals surface area contributed by atoms with Crippen LogP contribution >= 0.6 is 23.1 Å². The van der Waals surface area contributed by atoms with Gasteiger partial charge >= 0.3 is 0 Å². The molecule has 0 radical (unpaired) electrons. The molecule has 0 saturated heterocycles. The summed E-state index contributed by atoms with van der Waals surface area (Å²) in [6.07, 6.45) is 0.959. The van der Waals surface area contributed by atoms with Crippen molar-refractivity contribution in [2.45, 2.75) is 24.8 Å². The van der Waals surface area contributed by atoms with Gasteiger partial charge in [0.2, 0.25) is 0 Å². The summed E-state index contributed by atoms with van der Waals surface area (Å²) in [5.74, 6) is 0.873. The second-order valence-electron chi connectivity index (χ2n) is 5.26. The lowest BCUT2D eigenvalue weighted by Gasteiger charge is -2.20. The molecule has 2 heterocycles. The third kappa shape index (κ3) is 3.34. The minimum Gasteiger partial charge on any atom is -0.301 e. The van der Waals surface area contributed by atoms with Gasteiger partial charge in [0.1, 0.15) is 0 Å². The number of likely N-dealkylation sites (N-methyl/N-ethyl adjacent to an activating group) is 1. The molecule has 3 rings (SSSR count). The van der Waals surface area contributed by atoms with Crippen LogP contribution in [0.15, 0.2) is 29.2 Å². The van der Waals surface area contributed by atoms with E-state index < -0.39 is 0 Å². The van der Waals surface area contributed by atoms with Crippen molar-refractivity contribution in [3.05, 3.63) is 40.4 Å². The predicted octanol–water partition coefficient (Wildman–Crippen LogP) is 3.50. The molecule has 6 heteroatoms. The van der Waals surface area contributed by atoms with Crippen LogP contribution in [0.4, 0.5) is 5.13 Å². The van der Waals surface area contributed by atoms with Crippen LogP contribution in [0.1, 0.15) is 27.9 Å². The Balaban J connectivity index is 1.77. The van der Waals surface area contributed by atoms with Crippen LogP contribution in [-0.2, 0) is 13.0 Å². The summed E-state index contributed by atoms with van der Waals surface area (Å²) in [7, 11) is 2.11. The number of fused-ring (bicyclic) bond motifs is 1. The fraction of sp³-hybridized carbons (Fsp3) is 0.375. The summed E-state index contributed by atoms with van der Waals surface area (Å²) in [6, 6.07) is 7.72. The first-order valence-corrected chi connectivity index (χ1v) is 9.18. The molecule has 22 heavy (non-hydrogen) atoms. The Kier molecular flexibility index (Phi) is 4.81. The molecule has 0 aliphatic carbocycles. The van der Waals surface area contributed by atoms with E-state index in [4.69, 9.17) is 0 Å². The standard InChI is InChI=1S/C16H19N3OS2/c1-3-21-13-7-5-4-6-11(13)15(20)18-16-17-12-8-9-19(2)10-14(12)22-16/h4-7H,3,8-10H2,1-2H3,(H,17,18,20). The molecule has 2 aromatic rings. The van der Waals surface area contributed by atoms with Gasteiger partial charge in [-0.1, -0.05) is 19.1 Å². The van der Waals surface area contributed by atoms with E-state index in [-0.39, 0.29) is 5.91 Å². The average molecular weight is 333 g/mol. The fourth-order valence-corrected chi connectivity index (χ4v) is 4.36. The molecule has 0 unspecified atom stereocenters. The van der Waals surface area contributed by atoms with Gasteiger partial charge in [0.25, 0.3) is 5.91 Å². The molecule has 116 valence electrons. The van der Waals surface area contributed by atoms with Crippen LogP contribution in [-0.4, -0.2) is 35.1 Å². The van der Waals surface area contributed by atoms with E-state index in [9.17, 15) is 4.79 Å². The summed E-state index contributed by atoms with van der Waals surface area (Å²) in [4.78, 5) is 21.7. The predicted molar refractivity (Wildman–Crippen MR) is 92.9 cm³/mol. The van der Waals surface area contributed by atoms with Crippen LogP contribution in [0.2, 0.25) is 0 Å². The lowest BCUT2D eigenvalue weighted by Crippen LogP contribution is -2.25. The Bertz CT molecular complexity index is 684. The highest BCUT2D eigenvalue weighted by molar-refractivity contribution is 7.99. The van der Waals surface area contributed by atoms with Crippen molar-refractivity contribution in [2.24, 2.45) is 0 Å². The number of anilines is 1. The smallest absolute Gasteiger partial charge is 0.258 e. The third-order valence-electron chi connectivity index (χ3n) is 3.57. The number of thioether (sulfide) groups is 1. The molecule has 0 saturated carbocycles. The van der Waals surface area contributed by atoms with Crippen molar-refractivity contribution in [3.63, 3.8) is 0 Å². The molecule has 1 aromatic carbocycles. The highest BCUT2D eigenvalue weighted by Gasteiger charge is 2.20. The SMILES string of the molecule is CCSc1ccccc1C(=O)Nc1nc2c(s1)CN(C)CC2. The molecule has 1 amide bonds. The molecular weight excluding hydrogens is 314 g/mol. The van der Waals surface area contributed by atoms with Crippen molar-refractivity contribution in [1.82, 2.24) is 9.88 Å². The van der Waals surface area contributed by atoms with E-state index in [2.05, 4.69) is 29.2 Å². The van der Waals surface area contributed by atoms with Gasteiger partial charge in [-0.2, -0.15) is 0 Å². The first-order valence-electron chi connectivity index (χ1n) is 7.37. The van der Waals surface area contributed by atoms with Crippen LogP contribution in [0, 0.1) is 0 Å². The molecule has 4 nitrogen and oxygen atoms in total. The van der Waals surface area contributed by atoms with Crippen molar-refractivity contribution in [3.8, 4) is 0 Å². The number of aromatic nitrogens is 1. The number of nitrogens with one attached hydrogen (secondary N) is 1. The molecule has 1 aromatic heterocycles. The summed E-state index contributed by atoms with van der Waals surface area (Å²) in [5, 5.41) is 3.68. The summed E-state index contributed by atoms with van der Waals surface area (Å²) in [6.45, 7) is 4.04. The van der Waals surface area contributed by atoms with Crippen molar-refractivity contribution in [1.29, 1.82) is 0 Å². The summed E-state index contributed by atoms with van der Waals surface area (Å²) in [5.41, 5.74) is 1.86. The van der Waals surface area contributed by atoms with Crippen molar-refractivity contribution >= 4 is 34.1 Å². The van der Waals surface area contributed by atoms with Gasteiger partial charge in [-0.05, 0) is 24.9 Å². The van der Waals surface area contributed by atoms with Gasteiger partial charge in [-0.25, -0.2) is 4.98 Å². The maximum Gasteiger partial charge on any atom is 0.258 e. The number of amides is 1. The monoisotopic (exact) mass is 333 g/mol. The Morgan fingerprint density at radius 3 is 3.09 bits per heavy atom. The van der Waals surface area contributed by atoms with E-state index >= 15 is 0 Å². The lowest BCUT2D eigenvalue weighted by molar-refractivity contribution is 0.102. The Morgan fingerprint density at radius 2 is 2.27 bits per heavy atom. The Morgan fingerprint density at radius 1 is 1.45 bits per heavy atom. The zero-order chi connectivity index (χ0) is 15.5. The van der Waals surface area contributed by atoms with Gasteiger partial charge in [0.05, 0.1) is 11.3 Å². The maximum absolute atomic E-state index is 12.5. The van der Waals surface area contributed by atoms with Crippen molar-refractivity contribution in [2.75, 3.05) is 24.7 Å². The lowest BCUT2D eigenvalue weighted by atomic mass is 10.2. The number of hydrogen-bond acceptors (Lipinski definition) is 5.